The van der Waals surface area contributed by atoms with Crippen molar-refractivity contribution in [2.24, 2.45) is 0 Å². The molecule has 1 aliphatic rings. The molecular formula is C20H26N8OS. The van der Waals surface area contributed by atoms with Crippen molar-refractivity contribution in [3.63, 3.8) is 0 Å². The van der Waals surface area contributed by atoms with Crippen molar-refractivity contribution in [3.8, 4) is 5.69 Å². The topological polar surface area (TPSA) is 95.8 Å². The molecule has 0 atom stereocenters. The van der Waals surface area contributed by atoms with Crippen molar-refractivity contribution < 1.29 is 4.79 Å². The summed E-state index contributed by atoms with van der Waals surface area (Å²) in [5.41, 5.74) is 3.47. The highest BCUT2D eigenvalue weighted by molar-refractivity contribution is 7.99. The van der Waals surface area contributed by atoms with Crippen LogP contribution in [0, 0.1) is 20.8 Å². The van der Waals surface area contributed by atoms with Gasteiger partial charge in [-0.1, -0.05) is 17.8 Å². The van der Waals surface area contributed by atoms with Gasteiger partial charge in [-0.05, 0) is 44.0 Å². The molecule has 4 rings (SSSR count). The molecule has 0 saturated carbocycles. The van der Waals surface area contributed by atoms with E-state index in [4.69, 9.17) is 0 Å². The minimum Gasteiger partial charge on any atom is -0.339 e. The Bertz CT molecular complexity index is 1020. The van der Waals surface area contributed by atoms with Crippen LogP contribution in [-0.4, -0.2) is 77.6 Å². The molecule has 3 heterocycles. The number of carbonyl (C=O) groups is 1. The minimum absolute atomic E-state index is 0.128. The third kappa shape index (κ3) is 4.71. The standard InChI is InChI=1S/C20H26N8OS/c1-14-4-5-17(10-15(14)2)28-13-21-25-20(28)30-12-19(29)27-8-6-26(7-9-27)11-18-22-16(3)23-24-18/h4-5,10,13H,6-9,11-12H2,1-3H3,(H,22,23,24). The number of rotatable bonds is 6. The van der Waals surface area contributed by atoms with Crippen LogP contribution in [0.2, 0.25) is 0 Å². The van der Waals surface area contributed by atoms with Gasteiger partial charge in [-0.25, -0.2) is 4.98 Å². The first-order valence-electron chi connectivity index (χ1n) is 9.98. The van der Waals surface area contributed by atoms with E-state index in [1.54, 1.807) is 6.33 Å². The lowest BCUT2D eigenvalue weighted by Crippen LogP contribution is -2.48. The second-order valence-electron chi connectivity index (χ2n) is 7.53. The average Bonchev–Trinajstić information content (AvgIpc) is 3.37. The number of thioether (sulfide) groups is 1. The maximum Gasteiger partial charge on any atom is 0.233 e. The first-order chi connectivity index (χ1) is 14.5. The first kappa shape index (κ1) is 20.5. The lowest BCUT2D eigenvalue weighted by atomic mass is 10.1. The molecule has 1 N–H and O–H groups in total. The zero-order valence-corrected chi connectivity index (χ0v) is 18.3. The van der Waals surface area contributed by atoms with Crippen LogP contribution >= 0.6 is 11.8 Å². The SMILES string of the molecule is Cc1nc(CN2CCN(C(=O)CSc3nncn3-c3ccc(C)c(C)c3)CC2)n[nH]1. The van der Waals surface area contributed by atoms with E-state index in [-0.39, 0.29) is 5.91 Å². The smallest absolute Gasteiger partial charge is 0.233 e. The summed E-state index contributed by atoms with van der Waals surface area (Å²) in [6.07, 6.45) is 1.69. The van der Waals surface area contributed by atoms with Crippen molar-refractivity contribution >= 4 is 17.7 Å². The van der Waals surface area contributed by atoms with Crippen LogP contribution < -0.4 is 0 Å². The van der Waals surface area contributed by atoms with Crippen molar-refractivity contribution in [2.75, 3.05) is 31.9 Å². The van der Waals surface area contributed by atoms with Gasteiger partial charge in [0.05, 0.1) is 12.3 Å². The van der Waals surface area contributed by atoms with Gasteiger partial charge >= 0.3 is 0 Å². The van der Waals surface area contributed by atoms with E-state index < -0.39 is 0 Å². The van der Waals surface area contributed by atoms with Crippen LogP contribution in [0.25, 0.3) is 5.69 Å². The number of amides is 1. The minimum atomic E-state index is 0.128. The Balaban J connectivity index is 1.29. The Morgan fingerprint density at radius 1 is 1.13 bits per heavy atom. The van der Waals surface area contributed by atoms with Gasteiger partial charge in [0.2, 0.25) is 5.91 Å². The number of hydrogen-bond acceptors (Lipinski definition) is 7. The highest BCUT2D eigenvalue weighted by atomic mass is 32.2. The fraction of sp³-hybridized carbons (Fsp3) is 0.450. The van der Waals surface area contributed by atoms with Gasteiger partial charge in [-0.2, -0.15) is 5.10 Å². The van der Waals surface area contributed by atoms with E-state index in [2.05, 4.69) is 56.3 Å². The zero-order valence-electron chi connectivity index (χ0n) is 17.5. The lowest BCUT2D eigenvalue weighted by molar-refractivity contribution is -0.130. The molecule has 1 saturated heterocycles. The first-order valence-corrected chi connectivity index (χ1v) is 11.0. The summed E-state index contributed by atoms with van der Waals surface area (Å²) in [4.78, 5) is 21.3. The van der Waals surface area contributed by atoms with Gasteiger partial charge in [-0.3, -0.25) is 19.4 Å². The number of benzene rings is 1. The second kappa shape index (κ2) is 8.97. The molecule has 1 amide bonds. The Hall–Kier alpha value is -2.72. The quantitative estimate of drug-likeness (QED) is 0.600. The summed E-state index contributed by atoms with van der Waals surface area (Å²) < 4.78 is 1.93. The summed E-state index contributed by atoms with van der Waals surface area (Å²) >= 11 is 1.43. The average molecular weight is 427 g/mol. The fourth-order valence-electron chi connectivity index (χ4n) is 3.41. The van der Waals surface area contributed by atoms with Crippen molar-refractivity contribution in [1.29, 1.82) is 0 Å². The number of hydrogen-bond donors (Lipinski definition) is 1. The molecule has 158 valence electrons. The van der Waals surface area contributed by atoms with Gasteiger partial charge < -0.3 is 4.90 Å². The Labute approximate surface area is 179 Å². The van der Waals surface area contributed by atoms with Crippen LogP contribution in [0.4, 0.5) is 0 Å². The van der Waals surface area contributed by atoms with Crippen LogP contribution in [0.3, 0.4) is 0 Å². The molecule has 0 unspecified atom stereocenters. The van der Waals surface area contributed by atoms with E-state index in [9.17, 15) is 4.79 Å². The monoisotopic (exact) mass is 426 g/mol. The number of aromatic amines is 1. The van der Waals surface area contributed by atoms with E-state index >= 15 is 0 Å². The third-order valence-electron chi connectivity index (χ3n) is 5.34. The molecule has 1 aromatic carbocycles. The number of piperazine rings is 1. The number of H-pyrrole nitrogens is 1. The maximum atomic E-state index is 12.7. The van der Waals surface area contributed by atoms with Crippen LogP contribution in [0.5, 0.6) is 0 Å². The van der Waals surface area contributed by atoms with Crippen molar-refractivity contribution in [2.45, 2.75) is 32.5 Å². The Morgan fingerprint density at radius 2 is 1.93 bits per heavy atom. The predicted molar refractivity (Wildman–Crippen MR) is 115 cm³/mol. The molecule has 30 heavy (non-hydrogen) atoms. The number of aryl methyl sites for hydroxylation is 3. The van der Waals surface area contributed by atoms with Gasteiger partial charge in [0.15, 0.2) is 11.0 Å². The molecule has 2 aromatic heterocycles. The summed E-state index contributed by atoms with van der Waals surface area (Å²) in [6.45, 7) is 9.85. The molecule has 1 fully saturated rings. The van der Waals surface area contributed by atoms with Gasteiger partial charge in [0, 0.05) is 31.9 Å². The molecule has 0 spiro atoms. The number of nitrogens with one attached hydrogen (secondary N) is 1. The maximum absolute atomic E-state index is 12.7. The Morgan fingerprint density at radius 3 is 2.63 bits per heavy atom. The van der Waals surface area contributed by atoms with E-state index in [1.165, 1.54) is 22.9 Å². The molecule has 1 aliphatic heterocycles. The fourth-order valence-corrected chi connectivity index (χ4v) is 4.24. The molecule has 9 nitrogen and oxygen atoms in total. The second-order valence-corrected chi connectivity index (χ2v) is 8.48. The summed E-state index contributed by atoms with van der Waals surface area (Å²) in [5, 5.41) is 16.0. The zero-order chi connectivity index (χ0) is 21.1. The van der Waals surface area contributed by atoms with E-state index in [0.717, 1.165) is 35.6 Å². The molecule has 0 radical (unpaired) electrons. The summed E-state index contributed by atoms with van der Waals surface area (Å²) in [5.74, 6) is 2.10. The van der Waals surface area contributed by atoms with Crippen molar-refractivity contribution in [3.05, 3.63) is 47.3 Å². The molecular weight excluding hydrogens is 400 g/mol. The number of carbonyl (C=O) groups excluding carboxylic acids is 1. The highest BCUT2D eigenvalue weighted by Gasteiger charge is 2.22. The summed E-state index contributed by atoms with van der Waals surface area (Å²) in [6, 6.07) is 6.25. The van der Waals surface area contributed by atoms with Crippen molar-refractivity contribution in [1.82, 2.24) is 39.7 Å². The van der Waals surface area contributed by atoms with Crippen LogP contribution in [0.15, 0.2) is 29.7 Å². The molecule has 10 heteroatoms. The highest BCUT2D eigenvalue weighted by Crippen LogP contribution is 2.22. The van der Waals surface area contributed by atoms with E-state index in [1.807, 2.05) is 22.5 Å². The van der Waals surface area contributed by atoms with Gasteiger partial charge in [0.1, 0.15) is 12.2 Å². The Kier molecular flexibility index (Phi) is 6.14. The number of nitrogens with zero attached hydrogens (tertiary/aromatic N) is 7. The molecule has 0 bridgehead atoms. The van der Waals surface area contributed by atoms with E-state index in [0.29, 0.717) is 25.4 Å². The normalized spacial score (nSPS) is 15.0. The van der Waals surface area contributed by atoms with Gasteiger partial charge in [-0.15, -0.1) is 10.2 Å². The lowest BCUT2D eigenvalue weighted by Gasteiger charge is -2.34. The molecule has 0 aliphatic carbocycles. The number of aromatic nitrogens is 6. The predicted octanol–water partition coefficient (Wildman–Crippen LogP) is 1.75. The van der Waals surface area contributed by atoms with Gasteiger partial charge in [0.25, 0.3) is 0 Å². The third-order valence-corrected chi connectivity index (χ3v) is 6.27. The van der Waals surface area contributed by atoms with Crippen LogP contribution in [0.1, 0.15) is 22.8 Å². The summed E-state index contributed by atoms with van der Waals surface area (Å²) in [7, 11) is 0. The largest absolute Gasteiger partial charge is 0.339 e. The van der Waals surface area contributed by atoms with Crippen LogP contribution in [-0.2, 0) is 11.3 Å². The molecule has 3 aromatic rings.